The number of aromatic carboxylic acids is 1. The molecule has 2 amide bonds. The lowest BCUT2D eigenvalue weighted by Gasteiger charge is -2.26. The third kappa shape index (κ3) is 8.50. The highest BCUT2D eigenvalue weighted by Crippen LogP contribution is 2.29. The van der Waals surface area contributed by atoms with Crippen LogP contribution in [0.5, 0.6) is 0 Å². The van der Waals surface area contributed by atoms with Gasteiger partial charge in [0, 0.05) is 24.5 Å². The van der Waals surface area contributed by atoms with Crippen molar-refractivity contribution in [3.05, 3.63) is 106 Å². The molecule has 0 aliphatic heterocycles. The molecule has 48 heavy (non-hydrogen) atoms. The summed E-state index contributed by atoms with van der Waals surface area (Å²) in [7, 11) is 0. The van der Waals surface area contributed by atoms with Crippen LogP contribution in [-0.4, -0.2) is 47.8 Å². The molecule has 0 bridgehead atoms. The number of nitrogens with one attached hydrogen (secondary N) is 2. The molecule has 2 aromatic carbocycles. The standard InChI is InChI=1S/C37H48N6O5/c1-22(2)28(32-39-31(35(45)46)25(6)43(32)21-27-18-14-11-15-19-27)40-34(44)30-24(5)42(20-26-16-12-10-13-17-26)33(38-30)29(23(3)4)41-36(47)48-37(7,8)9/h10-19,22-23,28-29H,20-21H2,1-9H3,(H,40,44)(H,41,47)(H,45,46)/t28-,29-/m0/s1. The van der Waals surface area contributed by atoms with Crippen LogP contribution in [0.4, 0.5) is 4.79 Å². The van der Waals surface area contributed by atoms with Crippen LogP contribution >= 0.6 is 0 Å². The first-order valence-electron chi connectivity index (χ1n) is 16.3. The molecule has 0 fully saturated rings. The smallest absolute Gasteiger partial charge is 0.408 e. The highest BCUT2D eigenvalue weighted by Gasteiger charge is 2.33. The van der Waals surface area contributed by atoms with Crippen LogP contribution in [0.3, 0.4) is 0 Å². The van der Waals surface area contributed by atoms with E-state index in [1.807, 2.05) is 104 Å². The summed E-state index contributed by atoms with van der Waals surface area (Å²) in [6.45, 7) is 17.7. The number of carbonyl (C=O) groups is 3. The Bertz CT molecular complexity index is 1740. The normalized spacial score (nSPS) is 13.0. The van der Waals surface area contributed by atoms with Gasteiger partial charge in [0.15, 0.2) is 5.69 Å². The zero-order valence-electron chi connectivity index (χ0n) is 29.4. The number of alkyl carbamates (subject to hydrolysis) is 1. The number of carboxylic acids is 1. The van der Waals surface area contributed by atoms with Gasteiger partial charge in [0.05, 0.1) is 12.1 Å². The maximum atomic E-state index is 14.2. The fourth-order valence-electron chi connectivity index (χ4n) is 5.64. The van der Waals surface area contributed by atoms with E-state index >= 15 is 0 Å². The average Bonchev–Trinajstić information content (AvgIpc) is 3.50. The number of imidazole rings is 2. The highest BCUT2D eigenvalue weighted by atomic mass is 16.6. The predicted octanol–water partition coefficient (Wildman–Crippen LogP) is 6.84. The van der Waals surface area contributed by atoms with Gasteiger partial charge in [-0.2, -0.15) is 0 Å². The van der Waals surface area contributed by atoms with Crippen molar-refractivity contribution in [1.29, 1.82) is 0 Å². The van der Waals surface area contributed by atoms with Gasteiger partial charge in [-0.25, -0.2) is 19.6 Å². The summed E-state index contributed by atoms with van der Waals surface area (Å²) in [5.74, 6) is -0.815. The molecule has 2 atom stereocenters. The lowest BCUT2D eigenvalue weighted by molar-refractivity contribution is 0.0484. The van der Waals surface area contributed by atoms with Gasteiger partial charge >= 0.3 is 12.1 Å². The first-order chi connectivity index (χ1) is 22.6. The summed E-state index contributed by atoms with van der Waals surface area (Å²) in [6, 6.07) is 18.4. The zero-order chi connectivity index (χ0) is 35.3. The molecule has 0 saturated carbocycles. The SMILES string of the molecule is Cc1c(C(=O)O)nc([C@@H](NC(=O)c2nc([C@@H](NC(=O)OC(C)(C)C)C(C)C)n(Cc3ccccc3)c2C)C(C)C)n1Cc1ccccc1. The minimum atomic E-state index is -1.13. The topological polar surface area (TPSA) is 140 Å². The summed E-state index contributed by atoms with van der Waals surface area (Å²) in [5, 5.41) is 16.1. The van der Waals surface area contributed by atoms with Gasteiger partial charge in [-0.1, -0.05) is 88.4 Å². The Balaban J connectivity index is 1.77. The van der Waals surface area contributed by atoms with Crippen molar-refractivity contribution in [1.82, 2.24) is 29.7 Å². The van der Waals surface area contributed by atoms with Gasteiger partial charge in [0.2, 0.25) is 0 Å². The maximum Gasteiger partial charge on any atom is 0.408 e. The number of nitrogens with zero attached hydrogens (tertiary/aromatic N) is 4. The van der Waals surface area contributed by atoms with Crippen molar-refractivity contribution in [3.63, 3.8) is 0 Å². The summed E-state index contributed by atoms with van der Waals surface area (Å²) >= 11 is 0. The van der Waals surface area contributed by atoms with Crippen molar-refractivity contribution in [2.24, 2.45) is 11.8 Å². The van der Waals surface area contributed by atoms with Crippen LogP contribution in [0, 0.1) is 25.7 Å². The monoisotopic (exact) mass is 656 g/mol. The second kappa shape index (κ2) is 14.9. The quantitative estimate of drug-likeness (QED) is 0.152. The molecule has 4 rings (SSSR count). The van der Waals surface area contributed by atoms with E-state index in [-0.39, 0.29) is 23.2 Å². The van der Waals surface area contributed by atoms with E-state index in [9.17, 15) is 19.5 Å². The van der Waals surface area contributed by atoms with Gasteiger partial charge in [-0.3, -0.25) is 4.79 Å². The van der Waals surface area contributed by atoms with E-state index in [4.69, 9.17) is 9.72 Å². The fourth-order valence-corrected chi connectivity index (χ4v) is 5.64. The van der Waals surface area contributed by atoms with E-state index in [0.29, 0.717) is 36.1 Å². The molecule has 0 spiro atoms. The third-order valence-corrected chi connectivity index (χ3v) is 8.13. The minimum absolute atomic E-state index is 0.0561. The Hall–Kier alpha value is -4.93. The Morgan fingerprint density at radius 2 is 1.15 bits per heavy atom. The number of hydrogen-bond acceptors (Lipinski definition) is 6. The second-order valence-corrected chi connectivity index (χ2v) is 13.8. The van der Waals surface area contributed by atoms with E-state index in [0.717, 1.165) is 11.1 Å². The summed E-state index contributed by atoms with van der Waals surface area (Å²) in [6.07, 6.45) is -0.575. The van der Waals surface area contributed by atoms with Gasteiger partial charge in [0.25, 0.3) is 5.91 Å². The number of amides is 2. The molecule has 3 N–H and O–H groups in total. The fraction of sp³-hybridized carbons (Fsp3) is 0.432. The zero-order valence-corrected chi connectivity index (χ0v) is 29.4. The summed E-state index contributed by atoms with van der Waals surface area (Å²) in [4.78, 5) is 48.8. The van der Waals surface area contributed by atoms with Gasteiger partial charge in [-0.15, -0.1) is 0 Å². The molecule has 11 nitrogen and oxygen atoms in total. The number of hydrogen-bond donors (Lipinski definition) is 3. The number of carboxylic acid groups (broad SMARTS) is 1. The maximum absolute atomic E-state index is 14.2. The summed E-state index contributed by atoms with van der Waals surface area (Å²) < 4.78 is 9.39. The van der Waals surface area contributed by atoms with Crippen LogP contribution in [0.25, 0.3) is 0 Å². The molecule has 0 radical (unpaired) electrons. The van der Waals surface area contributed by atoms with Crippen LogP contribution in [-0.2, 0) is 17.8 Å². The van der Waals surface area contributed by atoms with Crippen LogP contribution in [0.15, 0.2) is 60.7 Å². The van der Waals surface area contributed by atoms with Crippen molar-refractivity contribution in [2.45, 2.75) is 93.1 Å². The average molecular weight is 657 g/mol. The van der Waals surface area contributed by atoms with Crippen molar-refractivity contribution in [2.75, 3.05) is 0 Å². The van der Waals surface area contributed by atoms with Crippen LogP contribution in [0.1, 0.15) is 116 Å². The number of aromatic nitrogens is 4. The molecule has 2 aromatic heterocycles. The first kappa shape index (κ1) is 35.9. The van der Waals surface area contributed by atoms with Crippen LogP contribution < -0.4 is 10.6 Å². The summed E-state index contributed by atoms with van der Waals surface area (Å²) in [5.41, 5.74) is 2.57. The van der Waals surface area contributed by atoms with E-state index in [1.165, 1.54) is 0 Å². The predicted molar refractivity (Wildman–Crippen MR) is 184 cm³/mol. The number of rotatable bonds is 12. The molecular weight excluding hydrogens is 608 g/mol. The second-order valence-electron chi connectivity index (χ2n) is 13.8. The molecule has 256 valence electrons. The van der Waals surface area contributed by atoms with Crippen molar-refractivity contribution in [3.8, 4) is 0 Å². The molecule has 11 heteroatoms. The molecule has 0 aliphatic carbocycles. The Morgan fingerprint density at radius 3 is 1.56 bits per heavy atom. The Kier molecular flexibility index (Phi) is 11.1. The lowest BCUT2D eigenvalue weighted by atomic mass is 10.0. The van der Waals surface area contributed by atoms with E-state index in [2.05, 4.69) is 15.6 Å². The third-order valence-electron chi connectivity index (χ3n) is 8.13. The van der Waals surface area contributed by atoms with E-state index in [1.54, 1.807) is 27.7 Å². The first-order valence-corrected chi connectivity index (χ1v) is 16.3. The molecular formula is C37H48N6O5. The number of ether oxygens (including phenoxy) is 1. The molecule has 0 aliphatic rings. The van der Waals surface area contributed by atoms with Crippen molar-refractivity contribution >= 4 is 18.0 Å². The highest BCUT2D eigenvalue weighted by molar-refractivity contribution is 5.94. The van der Waals surface area contributed by atoms with Crippen molar-refractivity contribution < 1.29 is 24.2 Å². The van der Waals surface area contributed by atoms with Gasteiger partial charge in [-0.05, 0) is 57.6 Å². The Labute approximate surface area is 282 Å². The largest absolute Gasteiger partial charge is 0.476 e. The lowest BCUT2D eigenvalue weighted by Crippen LogP contribution is -2.38. The van der Waals surface area contributed by atoms with Gasteiger partial charge < -0.3 is 29.6 Å². The molecule has 0 unspecified atom stereocenters. The van der Waals surface area contributed by atoms with E-state index < -0.39 is 35.7 Å². The number of carbonyl (C=O) groups excluding carboxylic acids is 2. The van der Waals surface area contributed by atoms with Gasteiger partial charge in [0.1, 0.15) is 22.9 Å². The minimum Gasteiger partial charge on any atom is -0.476 e. The molecule has 4 aromatic rings. The molecule has 2 heterocycles. The molecule has 0 saturated heterocycles. The van der Waals surface area contributed by atoms with Crippen LogP contribution in [0.2, 0.25) is 0 Å². The Morgan fingerprint density at radius 1 is 0.729 bits per heavy atom. The number of benzene rings is 2.